The van der Waals surface area contributed by atoms with Crippen LogP contribution in [0.25, 0.3) is 16.6 Å². The number of benzene rings is 1. The van der Waals surface area contributed by atoms with Crippen LogP contribution in [-0.2, 0) is 0 Å². The van der Waals surface area contributed by atoms with Gasteiger partial charge in [0.2, 0.25) is 0 Å². The van der Waals surface area contributed by atoms with E-state index in [0.29, 0.717) is 5.69 Å². The molecule has 2 heterocycles. The average Bonchev–Trinajstić information content (AvgIpc) is 2.82. The molecule has 2 aromatic heterocycles. The quantitative estimate of drug-likeness (QED) is 0.640. The van der Waals surface area contributed by atoms with Crippen molar-refractivity contribution in [2.45, 2.75) is 6.92 Å². The minimum atomic E-state index is 0.713. The van der Waals surface area contributed by atoms with Crippen LogP contribution < -0.4 is 5.73 Å². The fraction of sp³-hybridized carbons (Fsp3) is 0.0833. The van der Waals surface area contributed by atoms with Gasteiger partial charge in [-0.2, -0.15) is 5.10 Å². The number of nitrogen functional groups attached to an aromatic ring is 1. The van der Waals surface area contributed by atoms with Gasteiger partial charge in [-0.1, -0.05) is 0 Å². The molecule has 5 heteroatoms. The van der Waals surface area contributed by atoms with Gasteiger partial charge in [0.25, 0.3) is 0 Å². The molecule has 1 aromatic carbocycles. The smallest absolute Gasteiger partial charge is 0.138 e. The number of hydrogen-bond donors (Lipinski definition) is 1. The van der Waals surface area contributed by atoms with E-state index in [2.05, 4.69) is 15.1 Å². The summed E-state index contributed by atoms with van der Waals surface area (Å²) in [5.41, 5.74) is 9.31. The minimum absolute atomic E-state index is 0.713. The molecule has 0 aliphatic rings. The molecule has 0 saturated carbocycles. The zero-order valence-corrected chi connectivity index (χ0v) is 9.33. The molecule has 0 unspecified atom stereocenters. The summed E-state index contributed by atoms with van der Waals surface area (Å²) in [6, 6.07) is 7.63. The Morgan fingerprint density at radius 1 is 1.24 bits per heavy atom. The van der Waals surface area contributed by atoms with Crippen LogP contribution in [0.15, 0.2) is 36.9 Å². The number of aryl methyl sites for hydroxylation is 1. The third kappa shape index (κ3) is 1.61. The fourth-order valence-electron chi connectivity index (χ4n) is 1.88. The highest BCUT2D eigenvalue weighted by molar-refractivity contribution is 5.89. The lowest BCUT2D eigenvalue weighted by Gasteiger charge is -2.07. The molecule has 3 rings (SSSR count). The maximum absolute atomic E-state index is 5.81. The topological polar surface area (TPSA) is 69.6 Å². The molecule has 0 aliphatic carbocycles. The number of anilines is 1. The molecular weight excluding hydrogens is 214 g/mol. The SMILES string of the molecule is Cc1cc(-n2cncn2)c2cc(N)ccc2n1. The molecule has 0 amide bonds. The van der Waals surface area contributed by atoms with Crippen LogP contribution in [0.3, 0.4) is 0 Å². The van der Waals surface area contributed by atoms with Crippen molar-refractivity contribution in [3.05, 3.63) is 42.6 Å². The van der Waals surface area contributed by atoms with E-state index < -0.39 is 0 Å². The number of hydrogen-bond acceptors (Lipinski definition) is 4. The molecule has 0 aliphatic heterocycles. The predicted molar refractivity (Wildman–Crippen MR) is 65.8 cm³/mol. The van der Waals surface area contributed by atoms with Gasteiger partial charge in [-0.3, -0.25) is 4.98 Å². The number of aromatic nitrogens is 4. The van der Waals surface area contributed by atoms with Crippen LogP contribution in [0.2, 0.25) is 0 Å². The zero-order chi connectivity index (χ0) is 11.8. The first-order chi connectivity index (χ1) is 8.24. The standard InChI is InChI=1S/C12H11N5/c1-8-4-12(17-7-14-6-15-17)10-5-9(13)2-3-11(10)16-8/h2-7H,13H2,1H3. The molecule has 0 bridgehead atoms. The molecule has 2 N–H and O–H groups in total. The Bertz CT molecular complexity index is 673. The Balaban J connectivity index is 2.39. The van der Waals surface area contributed by atoms with Gasteiger partial charge in [-0.05, 0) is 31.2 Å². The van der Waals surface area contributed by atoms with Crippen molar-refractivity contribution < 1.29 is 0 Å². The van der Waals surface area contributed by atoms with E-state index in [1.54, 1.807) is 11.0 Å². The van der Waals surface area contributed by atoms with Crippen molar-refractivity contribution in [3.63, 3.8) is 0 Å². The maximum atomic E-state index is 5.81. The number of nitrogens with zero attached hydrogens (tertiary/aromatic N) is 4. The van der Waals surface area contributed by atoms with Gasteiger partial charge in [0.05, 0.1) is 11.2 Å². The summed E-state index contributed by atoms with van der Waals surface area (Å²) in [6.45, 7) is 1.95. The van der Waals surface area contributed by atoms with Crippen molar-refractivity contribution in [1.29, 1.82) is 0 Å². The zero-order valence-electron chi connectivity index (χ0n) is 9.33. The summed E-state index contributed by atoms with van der Waals surface area (Å²) < 4.78 is 1.72. The van der Waals surface area contributed by atoms with Crippen LogP contribution >= 0.6 is 0 Å². The first-order valence-electron chi connectivity index (χ1n) is 5.26. The number of fused-ring (bicyclic) bond motifs is 1. The highest BCUT2D eigenvalue weighted by Crippen LogP contribution is 2.23. The Morgan fingerprint density at radius 2 is 2.12 bits per heavy atom. The van der Waals surface area contributed by atoms with Crippen LogP contribution in [0.4, 0.5) is 5.69 Å². The molecular formula is C12H11N5. The van der Waals surface area contributed by atoms with Crippen molar-refractivity contribution >= 4 is 16.6 Å². The minimum Gasteiger partial charge on any atom is -0.399 e. The van der Waals surface area contributed by atoms with E-state index in [9.17, 15) is 0 Å². The molecule has 0 radical (unpaired) electrons. The number of nitrogens with two attached hydrogens (primary N) is 1. The fourth-order valence-corrected chi connectivity index (χ4v) is 1.88. The second kappa shape index (κ2) is 3.55. The molecule has 0 saturated heterocycles. The van der Waals surface area contributed by atoms with Gasteiger partial charge in [-0.15, -0.1) is 0 Å². The molecule has 0 atom stereocenters. The highest BCUT2D eigenvalue weighted by atomic mass is 15.3. The van der Waals surface area contributed by atoms with Crippen LogP contribution in [0.1, 0.15) is 5.69 Å². The molecule has 84 valence electrons. The Labute approximate surface area is 97.9 Å². The highest BCUT2D eigenvalue weighted by Gasteiger charge is 2.06. The summed E-state index contributed by atoms with van der Waals surface area (Å²) in [6.07, 6.45) is 3.17. The molecule has 3 aromatic rings. The number of rotatable bonds is 1. The van der Waals surface area contributed by atoms with E-state index >= 15 is 0 Å². The van der Waals surface area contributed by atoms with Gasteiger partial charge in [0.15, 0.2) is 0 Å². The third-order valence-electron chi connectivity index (χ3n) is 2.60. The molecule has 0 fully saturated rings. The summed E-state index contributed by atoms with van der Waals surface area (Å²) in [5, 5.41) is 5.12. The second-order valence-corrected chi connectivity index (χ2v) is 3.90. The summed E-state index contributed by atoms with van der Waals surface area (Å²) >= 11 is 0. The largest absolute Gasteiger partial charge is 0.399 e. The third-order valence-corrected chi connectivity index (χ3v) is 2.60. The predicted octanol–water partition coefficient (Wildman–Crippen LogP) is 1.71. The van der Waals surface area contributed by atoms with Gasteiger partial charge in [-0.25, -0.2) is 9.67 Å². The van der Waals surface area contributed by atoms with Gasteiger partial charge < -0.3 is 5.73 Å². The van der Waals surface area contributed by atoms with E-state index in [1.165, 1.54) is 6.33 Å². The monoisotopic (exact) mass is 225 g/mol. The molecule has 17 heavy (non-hydrogen) atoms. The van der Waals surface area contributed by atoms with E-state index in [4.69, 9.17) is 5.73 Å². The summed E-state index contributed by atoms with van der Waals surface area (Å²) in [7, 11) is 0. The summed E-state index contributed by atoms with van der Waals surface area (Å²) in [4.78, 5) is 8.43. The van der Waals surface area contributed by atoms with Crippen LogP contribution in [-0.4, -0.2) is 19.7 Å². The van der Waals surface area contributed by atoms with Gasteiger partial charge >= 0.3 is 0 Å². The molecule has 5 nitrogen and oxygen atoms in total. The normalized spacial score (nSPS) is 10.9. The van der Waals surface area contributed by atoms with Gasteiger partial charge in [0, 0.05) is 16.8 Å². The second-order valence-electron chi connectivity index (χ2n) is 3.90. The first kappa shape index (κ1) is 9.77. The lowest BCUT2D eigenvalue weighted by atomic mass is 10.1. The first-order valence-corrected chi connectivity index (χ1v) is 5.26. The van der Waals surface area contributed by atoms with Crippen molar-refractivity contribution in [3.8, 4) is 5.69 Å². The van der Waals surface area contributed by atoms with Gasteiger partial charge in [0.1, 0.15) is 12.7 Å². The van der Waals surface area contributed by atoms with E-state index in [1.807, 2.05) is 31.2 Å². The Kier molecular flexibility index (Phi) is 2.04. The van der Waals surface area contributed by atoms with E-state index in [0.717, 1.165) is 22.3 Å². The lowest BCUT2D eigenvalue weighted by Crippen LogP contribution is -1.99. The van der Waals surface area contributed by atoms with Crippen molar-refractivity contribution in [2.24, 2.45) is 0 Å². The number of pyridine rings is 1. The van der Waals surface area contributed by atoms with Crippen molar-refractivity contribution in [1.82, 2.24) is 19.7 Å². The Morgan fingerprint density at radius 3 is 2.88 bits per heavy atom. The van der Waals surface area contributed by atoms with Crippen LogP contribution in [0.5, 0.6) is 0 Å². The summed E-state index contributed by atoms with van der Waals surface area (Å²) in [5.74, 6) is 0. The lowest BCUT2D eigenvalue weighted by molar-refractivity contribution is 0.882. The van der Waals surface area contributed by atoms with E-state index in [-0.39, 0.29) is 0 Å². The average molecular weight is 225 g/mol. The molecule has 0 spiro atoms. The maximum Gasteiger partial charge on any atom is 0.138 e. The Hall–Kier alpha value is -2.43. The van der Waals surface area contributed by atoms with Crippen molar-refractivity contribution in [2.75, 3.05) is 5.73 Å². The van der Waals surface area contributed by atoms with Crippen LogP contribution in [0, 0.1) is 6.92 Å².